The molecular weight excluding hydrogens is 352 g/mol. The van der Waals surface area contributed by atoms with Gasteiger partial charge in [0.05, 0.1) is 5.56 Å². The molecule has 1 amide bonds. The molecule has 3 nitrogen and oxygen atoms in total. The van der Waals surface area contributed by atoms with Gasteiger partial charge in [-0.05, 0) is 54.4 Å². The number of nitrogens with one attached hydrogen (secondary N) is 1. The van der Waals surface area contributed by atoms with Gasteiger partial charge in [-0.3, -0.25) is 4.79 Å². The van der Waals surface area contributed by atoms with Gasteiger partial charge in [0.1, 0.15) is 11.1 Å². The number of fused-ring (bicyclic) bond motifs is 1. The van der Waals surface area contributed by atoms with Gasteiger partial charge in [-0.2, -0.15) is 5.26 Å². The van der Waals surface area contributed by atoms with Gasteiger partial charge < -0.3 is 5.32 Å². The van der Waals surface area contributed by atoms with Crippen molar-refractivity contribution in [2.75, 3.05) is 5.32 Å². The van der Waals surface area contributed by atoms with Crippen LogP contribution in [0.3, 0.4) is 0 Å². The van der Waals surface area contributed by atoms with E-state index in [9.17, 15) is 10.1 Å². The van der Waals surface area contributed by atoms with E-state index < -0.39 is 0 Å². The molecule has 3 rings (SSSR count). The Balaban J connectivity index is 1.72. The van der Waals surface area contributed by atoms with E-state index in [4.69, 9.17) is 0 Å². The molecule has 1 aromatic carbocycles. The second-order valence-electron chi connectivity index (χ2n) is 7.38. The van der Waals surface area contributed by atoms with Crippen molar-refractivity contribution in [2.24, 2.45) is 0 Å². The molecule has 1 aliphatic rings. The Morgan fingerprint density at radius 1 is 1.15 bits per heavy atom. The Morgan fingerprint density at radius 2 is 1.85 bits per heavy atom. The van der Waals surface area contributed by atoms with E-state index in [1.807, 2.05) is 18.2 Å². The molecule has 1 N–H and O–H groups in total. The third-order valence-electron chi connectivity index (χ3n) is 5.05. The van der Waals surface area contributed by atoms with Crippen LogP contribution in [0.2, 0.25) is 0 Å². The molecule has 0 atom stereocenters. The number of carbonyl (C=O) groups is 1. The molecular formula is C23H26N2OS. The van der Waals surface area contributed by atoms with Crippen molar-refractivity contribution >= 4 is 28.3 Å². The summed E-state index contributed by atoms with van der Waals surface area (Å²) in [6.07, 6.45) is 10.1. The standard InChI is InChI=1S/C23H26N2OS/c1-16(2)18-12-9-17(10-13-18)11-14-22(26)25-23-20(15-24)19-7-5-3-4-6-8-21(19)27-23/h9-14,16H,3-8H2,1-2H3,(H,25,26). The van der Waals surface area contributed by atoms with E-state index in [1.165, 1.54) is 23.3 Å². The van der Waals surface area contributed by atoms with Gasteiger partial charge >= 0.3 is 0 Å². The van der Waals surface area contributed by atoms with Crippen molar-refractivity contribution < 1.29 is 4.79 Å². The molecule has 1 heterocycles. The maximum Gasteiger partial charge on any atom is 0.249 e. The van der Waals surface area contributed by atoms with E-state index in [1.54, 1.807) is 17.4 Å². The molecule has 2 aromatic rings. The van der Waals surface area contributed by atoms with Gasteiger partial charge in [-0.25, -0.2) is 0 Å². The van der Waals surface area contributed by atoms with Gasteiger partial charge in [0.15, 0.2) is 0 Å². The topological polar surface area (TPSA) is 52.9 Å². The molecule has 4 heteroatoms. The zero-order chi connectivity index (χ0) is 19.2. The second-order valence-corrected chi connectivity index (χ2v) is 8.48. The molecule has 1 aliphatic carbocycles. The Morgan fingerprint density at radius 3 is 2.52 bits per heavy atom. The molecule has 27 heavy (non-hydrogen) atoms. The van der Waals surface area contributed by atoms with E-state index >= 15 is 0 Å². The first kappa shape index (κ1) is 19.4. The van der Waals surface area contributed by atoms with Crippen LogP contribution < -0.4 is 5.32 Å². The summed E-state index contributed by atoms with van der Waals surface area (Å²) in [5.74, 6) is 0.308. The van der Waals surface area contributed by atoms with Gasteiger partial charge in [0.25, 0.3) is 0 Å². The van der Waals surface area contributed by atoms with Crippen LogP contribution in [0.5, 0.6) is 0 Å². The van der Waals surface area contributed by atoms with E-state index in [2.05, 4.69) is 37.4 Å². The monoisotopic (exact) mass is 378 g/mol. The molecule has 0 saturated carbocycles. The van der Waals surface area contributed by atoms with E-state index in [0.29, 0.717) is 16.5 Å². The summed E-state index contributed by atoms with van der Waals surface area (Å²) >= 11 is 1.58. The Kier molecular flexibility index (Phi) is 6.47. The average molecular weight is 379 g/mol. The number of amides is 1. The second kappa shape index (κ2) is 9.01. The largest absolute Gasteiger partial charge is 0.313 e. The van der Waals surface area contributed by atoms with Gasteiger partial charge in [-0.1, -0.05) is 51.0 Å². The number of benzene rings is 1. The number of anilines is 1. The summed E-state index contributed by atoms with van der Waals surface area (Å²) in [5, 5.41) is 13.2. The highest BCUT2D eigenvalue weighted by Crippen LogP contribution is 2.36. The van der Waals surface area contributed by atoms with Crippen molar-refractivity contribution in [3.05, 3.63) is 57.5 Å². The Labute approximate surface area is 165 Å². The molecule has 0 spiro atoms. The Bertz CT molecular complexity index is 869. The van der Waals surface area contributed by atoms with Crippen molar-refractivity contribution in [1.29, 1.82) is 5.26 Å². The zero-order valence-electron chi connectivity index (χ0n) is 16.0. The van der Waals surface area contributed by atoms with E-state index in [-0.39, 0.29) is 5.91 Å². The number of nitrogens with zero attached hydrogens (tertiary/aromatic N) is 1. The number of thiophene rings is 1. The van der Waals surface area contributed by atoms with Crippen molar-refractivity contribution in [3.8, 4) is 6.07 Å². The molecule has 0 unspecified atom stereocenters. The number of carbonyl (C=O) groups excluding carboxylic acids is 1. The molecule has 0 radical (unpaired) electrons. The summed E-state index contributed by atoms with van der Waals surface area (Å²) in [6.45, 7) is 4.32. The number of rotatable bonds is 4. The number of aryl methyl sites for hydroxylation is 1. The molecule has 1 aromatic heterocycles. The van der Waals surface area contributed by atoms with Crippen molar-refractivity contribution in [3.63, 3.8) is 0 Å². The minimum atomic E-state index is -0.186. The maximum atomic E-state index is 12.4. The number of nitriles is 1. The summed E-state index contributed by atoms with van der Waals surface area (Å²) in [4.78, 5) is 13.7. The highest BCUT2D eigenvalue weighted by atomic mass is 32.1. The average Bonchev–Trinajstić information content (AvgIpc) is 2.95. The lowest BCUT2D eigenvalue weighted by molar-refractivity contribution is -0.111. The smallest absolute Gasteiger partial charge is 0.249 e. The van der Waals surface area contributed by atoms with Crippen LogP contribution in [0.15, 0.2) is 30.3 Å². The third kappa shape index (κ3) is 4.87. The van der Waals surface area contributed by atoms with Crippen LogP contribution in [-0.2, 0) is 17.6 Å². The first-order valence-electron chi connectivity index (χ1n) is 9.72. The predicted molar refractivity (Wildman–Crippen MR) is 113 cm³/mol. The van der Waals surface area contributed by atoms with Crippen LogP contribution in [0.25, 0.3) is 6.08 Å². The lowest BCUT2D eigenvalue weighted by Gasteiger charge is -2.08. The quantitative estimate of drug-likeness (QED) is 0.658. The normalized spacial score (nSPS) is 14.4. The predicted octanol–water partition coefficient (Wildman–Crippen LogP) is 6.05. The molecule has 0 bridgehead atoms. The zero-order valence-corrected chi connectivity index (χ0v) is 16.9. The van der Waals surface area contributed by atoms with E-state index in [0.717, 1.165) is 36.8 Å². The molecule has 0 aliphatic heterocycles. The summed E-state index contributed by atoms with van der Waals surface area (Å²) in [6, 6.07) is 10.6. The first-order valence-corrected chi connectivity index (χ1v) is 10.5. The molecule has 0 fully saturated rings. The number of hydrogen-bond donors (Lipinski definition) is 1. The summed E-state index contributed by atoms with van der Waals surface area (Å²) in [7, 11) is 0. The minimum Gasteiger partial charge on any atom is -0.313 e. The SMILES string of the molecule is CC(C)c1ccc(C=CC(=O)Nc2sc3c(c2C#N)CCCCCC3)cc1. The summed E-state index contributed by atoms with van der Waals surface area (Å²) in [5.41, 5.74) is 4.10. The first-order chi connectivity index (χ1) is 13.1. The van der Waals surface area contributed by atoms with Crippen LogP contribution in [-0.4, -0.2) is 5.91 Å². The highest BCUT2D eigenvalue weighted by molar-refractivity contribution is 7.16. The lowest BCUT2D eigenvalue weighted by Crippen LogP contribution is -2.07. The molecule has 0 saturated heterocycles. The van der Waals surface area contributed by atoms with Crippen LogP contribution in [0, 0.1) is 11.3 Å². The van der Waals surface area contributed by atoms with Crippen molar-refractivity contribution in [2.45, 2.75) is 58.3 Å². The minimum absolute atomic E-state index is 0.186. The fourth-order valence-corrected chi connectivity index (χ4v) is 4.69. The maximum absolute atomic E-state index is 12.4. The van der Waals surface area contributed by atoms with Gasteiger partial charge in [0.2, 0.25) is 5.91 Å². The fraction of sp³-hybridized carbons (Fsp3) is 0.391. The fourth-order valence-electron chi connectivity index (χ4n) is 3.44. The van der Waals surface area contributed by atoms with Gasteiger partial charge in [-0.15, -0.1) is 11.3 Å². The molecule has 140 valence electrons. The third-order valence-corrected chi connectivity index (χ3v) is 6.26. The van der Waals surface area contributed by atoms with Crippen molar-refractivity contribution in [1.82, 2.24) is 0 Å². The highest BCUT2D eigenvalue weighted by Gasteiger charge is 2.19. The lowest BCUT2D eigenvalue weighted by atomic mass is 9.97. The van der Waals surface area contributed by atoms with Crippen LogP contribution in [0.1, 0.15) is 72.6 Å². The van der Waals surface area contributed by atoms with Crippen LogP contribution >= 0.6 is 11.3 Å². The Hall–Kier alpha value is -2.38. The summed E-state index contributed by atoms with van der Waals surface area (Å²) < 4.78 is 0. The van der Waals surface area contributed by atoms with Crippen LogP contribution in [0.4, 0.5) is 5.00 Å². The number of hydrogen-bond acceptors (Lipinski definition) is 3. The van der Waals surface area contributed by atoms with Gasteiger partial charge in [0, 0.05) is 11.0 Å².